The number of aliphatic hydroxyl groups excluding tert-OH is 1. The molecule has 33 heavy (non-hydrogen) atoms. The second-order valence-electron chi connectivity index (χ2n) is 9.98. The highest BCUT2D eigenvalue weighted by Gasteiger charge is 2.76. The maximum absolute atomic E-state index is 14.2. The van der Waals surface area contributed by atoms with Crippen LogP contribution in [0.1, 0.15) is 40.5 Å². The van der Waals surface area contributed by atoms with Crippen molar-refractivity contribution >= 4 is 45.5 Å². The van der Waals surface area contributed by atoms with Crippen LogP contribution in [0.2, 0.25) is 0 Å². The second-order valence-corrected chi connectivity index (χ2v) is 12.7. The van der Waals surface area contributed by atoms with Gasteiger partial charge in [-0.05, 0) is 33.6 Å². The van der Waals surface area contributed by atoms with E-state index < -0.39 is 40.2 Å². The molecule has 0 aromatic carbocycles. The molecule has 1 spiro atoms. The van der Waals surface area contributed by atoms with Crippen molar-refractivity contribution in [3.8, 4) is 0 Å². The summed E-state index contributed by atoms with van der Waals surface area (Å²) in [6, 6.07) is -1.28. The third-order valence-electron chi connectivity index (χ3n) is 7.04. The zero-order valence-electron chi connectivity index (χ0n) is 19.8. The van der Waals surface area contributed by atoms with Gasteiger partial charge in [0.15, 0.2) is 0 Å². The van der Waals surface area contributed by atoms with Gasteiger partial charge in [0.2, 0.25) is 11.8 Å². The molecule has 3 aliphatic rings. The SMILES string of the molecule is C=CCOC(=O)[C@H]1[C@@H]2SC3(CC2Br)C(C(=O)N(CC=C)C(C)(C)C)N([C@@H](CC)CO)C(=O)[C@H]13. The summed E-state index contributed by atoms with van der Waals surface area (Å²) >= 11 is 5.29. The number of hydrogen-bond donors (Lipinski definition) is 1. The predicted octanol–water partition coefficient (Wildman–Crippen LogP) is 2.76. The Kier molecular flexibility index (Phi) is 7.76. The monoisotopic (exact) mass is 542 g/mol. The summed E-state index contributed by atoms with van der Waals surface area (Å²) in [5, 5.41) is 9.96. The molecular weight excluding hydrogens is 508 g/mol. The number of carbonyl (C=O) groups excluding carboxylic acids is 3. The van der Waals surface area contributed by atoms with Crippen LogP contribution in [-0.4, -0.2) is 84.9 Å². The van der Waals surface area contributed by atoms with Crippen LogP contribution in [0.15, 0.2) is 25.3 Å². The molecule has 184 valence electrons. The number of fused-ring (bicyclic) bond motifs is 1. The highest BCUT2D eigenvalue weighted by molar-refractivity contribution is 9.09. The molecule has 1 N–H and O–H groups in total. The van der Waals surface area contributed by atoms with Gasteiger partial charge in [-0.15, -0.1) is 18.3 Å². The van der Waals surface area contributed by atoms with Gasteiger partial charge >= 0.3 is 5.97 Å². The van der Waals surface area contributed by atoms with E-state index in [1.807, 2.05) is 27.7 Å². The number of thioether (sulfide) groups is 1. The molecule has 3 aliphatic heterocycles. The van der Waals surface area contributed by atoms with Gasteiger partial charge < -0.3 is 19.6 Å². The lowest BCUT2D eigenvalue weighted by atomic mass is 9.71. The van der Waals surface area contributed by atoms with E-state index in [1.54, 1.807) is 27.6 Å². The molecule has 3 saturated heterocycles. The highest BCUT2D eigenvalue weighted by Crippen LogP contribution is 2.68. The van der Waals surface area contributed by atoms with Crippen LogP contribution in [0.5, 0.6) is 0 Å². The molecule has 3 unspecified atom stereocenters. The fraction of sp³-hybridized carbons (Fsp3) is 0.708. The topological polar surface area (TPSA) is 87.2 Å². The molecule has 0 saturated carbocycles. The number of halogens is 1. The minimum atomic E-state index is -0.779. The molecule has 3 heterocycles. The van der Waals surface area contributed by atoms with E-state index in [1.165, 1.54) is 6.08 Å². The number of esters is 1. The summed E-state index contributed by atoms with van der Waals surface area (Å²) in [7, 11) is 0. The minimum Gasteiger partial charge on any atom is -0.461 e. The van der Waals surface area contributed by atoms with Crippen molar-refractivity contribution in [2.45, 2.75) is 73.0 Å². The Balaban J connectivity index is 2.13. The summed E-state index contributed by atoms with van der Waals surface area (Å²) in [6.45, 7) is 15.3. The predicted molar refractivity (Wildman–Crippen MR) is 133 cm³/mol. The largest absolute Gasteiger partial charge is 0.461 e. The lowest BCUT2D eigenvalue weighted by molar-refractivity contribution is -0.153. The molecule has 0 aromatic heterocycles. The molecule has 3 rings (SSSR count). The van der Waals surface area contributed by atoms with Crippen molar-refractivity contribution < 1.29 is 24.2 Å². The maximum atomic E-state index is 14.2. The van der Waals surface area contributed by atoms with Gasteiger partial charge in [-0.3, -0.25) is 14.4 Å². The number of amides is 2. The van der Waals surface area contributed by atoms with Gasteiger partial charge in [0.1, 0.15) is 12.6 Å². The summed E-state index contributed by atoms with van der Waals surface area (Å²) in [4.78, 5) is 44.5. The Morgan fingerprint density at radius 3 is 2.58 bits per heavy atom. The molecule has 0 radical (unpaired) electrons. The number of hydrogen-bond acceptors (Lipinski definition) is 6. The Bertz CT molecular complexity index is 826. The fourth-order valence-corrected chi connectivity index (χ4v) is 9.21. The van der Waals surface area contributed by atoms with E-state index in [-0.39, 0.29) is 35.1 Å². The Labute approximate surface area is 209 Å². The molecular formula is C24H35BrN2O5S. The molecule has 7 nitrogen and oxygen atoms in total. The van der Waals surface area contributed by atoms with E-state index in [4.69, 9.17) is 4.74 Å². The average molecular weight is 544 g/mol. The lowest BCUT2D eigenvalue weighted by Crippen LogP contribution is -2.60. The van der Waals surface area contributed by atoms with Crippen LogP contribution in [0.25, 0.3) is 0 Å². The number of carbonyl (C=O) groups is 3. The van der Waals surface area contributed by atoms with E-state index in [0.29, 0.717) is 19.4 Å². The zero-order chi connectivity index (χ0) is 24.7. The van der Waals surface area contributed by atoms with E-state index in [9.17, 15) is 19.5 Å². The molecule has 0 aliphatic carbocycles. The van der Waals surface area contributed by atoms with Gasteiger partial charge in [0, 0.05) is 22.2 Å². The molecule has 2 bridgehead atoms. The number of ether oxygens (including phenoxy) is 1. The number of aliphatic hydroxyl groups is 1. The van der Waals surface area contributed by atoms with Crippen LogP contribution in [0, 0.1) is 11.8 Å². The first kappa shape index (κ1) is 26.3. The van der Waals surface area contributed by atoms with Gasteiger partial charge in [-0.2, -0.15) is 0 Å². The van der Waals surface area contributed by atoms with Crippen molar-refractivity contribution in [3.05, 3.63) is 25.3 Å². The normalized spacial score (nSPS) is 33.6. The van der Waals surface area contributed by atoms with Crippen molar-refractivity contribution in [2.75, 3.05) is 19.8 Å². The smallest absolute Gasteiger partial charge is 0.311 e. The van der Waals surface area contributed by atoms with Crippen molar-refractivity contribution in [1.29, 1.82) is 0 Å². The Morgan fingerprint density at radius 2 is 2.06 bits per heavy atom. The molecule has 0 aromatic rings. The van der Waals surface area contributed by atoms with Crippen molar-refractivity contribution in [3.63, 3.8) is 0 Å². The number of alkyl halides is 1. The average Bonchev–Trinajstić information content (AvgIpc) is 3.34. The number of likely N-dealkylation sites (tertiary alicyclic amines) is 1. The maximum Gasteiger partial charge on any atom is 0.311 e. The number of rotatable bonds is 9. The Hall–Kier alpha value is -1.32. The minimum absolute atomic E-state index is 0.0280. The van der Waals surface area contributed by atoms with Crippen LogP contribution in [-0.2, 0) is 19.1 Å². The number of nitrogens with zero attached hydrogens (tertiary/aromatic N) is 2. The molecule has 7 atom stereocenters. The van der Waals surface area contributed by atoms with Crippen LogP contribution < -0.4 is 0 Å². The molecule has 9 heteroatoms. The summed E-state index contributed by atoms with van der Waals surface area (Å²) in [6.07, 6.45) is 4.28. The third-order valence-corrected chi connectivity index (χ3v) is 10.3. The fourth-order valence-electron chi connectivity index (χ4n) is 5.63. The zero-order valence-corrected chi connectivity index (χ0v) is 22.2. The third kappa shape index (κ3) is 4.18. The van der Waals surface area contributed by atoms with Gasteiger partial charge in [0.25, 0.3) is 0 Å². The standard InChI is InChI=1S/C24H35BrN2O5S/c1-7-10-26(23(4,5)6)21(30)19-24-12-15(25)18(33-24)16(22(31)32-11-8-2)17(24)20(29)27(19)14(9-3)13-28/h7-8,14-19,28H,1-2,9-13H2,3-6H3/t14-,15?,16+,17-,18+,19?,24?/m0/s1. The van der Waals surface area contributed by atoms with Gasteiger partial charge in [-0.25, -0.2) is 0 Å². The molecule has 3 fully saturated rings. The van der Waals surface area contributed by atoms with Crippen LogP contribution in [0.4, 0.5) is 0 Å². The van der Waals surface area contributed by atoms with Crippen LogP contribution >= 0.6 is 27.7 Å². The van der Waals surface area contributed by atoms with Gasteiger partial charge in [-0.1, -0.05) is 41.6 Å². The van der Waals surface area contributed by atoms with Crippen molar-refractivity contribution in [2.24, 2.45) is 11.8 Å². The first-order valence-electron chi connectivity index (χ1n) is 11.4. The van der Waals surface area contributed by atoms with Gasteiger partial charge in [0.05, 0.1) is 29.2 Å². The summed E-state index contributed by atoms with van der Waals surface area (Å²) < 4.78 is 4.63. The van der Waals surface area contributed by atoms with Crippen LogP contribution in [0.3, 0.4) is 0 Å². The first-order valence-corrected chi connectivity index (χ1v) is 13.2. The molecule has 2 amide bonds. The summed E-state index contributed by atoms with van der Waals surface area (Å²) in [5.74, 6) is -2.16. The highest BCUT2D eigenvalue weighted by atomic mass is 79.9. The van der Waals surface area contributed by atoms with E-state index in [2.05, 4.69) is 29.1 Å². The quantitative estimate of drug-likeness (QED) is 0.274. The lowest BCUT2D eigenvalue weighted by Gasteiger charge is -2.43. The summed E-state index contributed by atoms with van der Waals surface area (Å²) in [5.41, 5.74) is -0.493. The van der Waals surface area contributed by atoms with E-state index in [0.717, 1.165) is 0 Å². The first-order chi connectivity index (χ1) is 15.5. The van der Waals surface area contributed by atoms with Crippen molar-refractivity contribution in [1.82, 2.24) is 9.80 Å². The second kappa shape index (κ2) is 9.74. The van der Waals surface area contributed by atoms with E-state index >= 15 is 0 Å². The Morgan fingerprint density at radius 1 is 1.39 bits per heavy atom.